The molecular formula is C13H16BF4KO3S. The minimum atomic E-state index is -5.40. The second kappa shape index (κ2) is 8.18. The first-order chi connectivity index (χ1) is 10.1. The normalized spacial score (nSPS) is 22.3. The van der Waals surface area contributed by atoms with Crippen molar-refractivity contribution < 1.29 is 81.9 Å². The van der Waals surface area contributed by atoms with Gasteiger partial charge in [0.1, 0.15) is 15.6 Å². The maximum absolute atomic E-state index is 13.5. The van der Waals surface area contributed by atoms with Crippen molar-refractivity contribution in [2.24, 2.45) is 0 Å². The average Bonchev–Trinajstić information content (AvgIpc) is 2.36. The molecule has 1 aromatic rings. The summed E-state index contributed by atoms with van der Waals surface area (Å²) in [4.78, 5) is 0. The Morgan fingerprint density at radius 1 is 1.22 bits per heavy atom. The van der Waals surface area contributed by atoms with E-state index in [9.17, 15) is 25.8 Å². The monoisotopic (exact) mass is 378 g/mol. The van der Waals surface area contributed by atoms with Gasteiger partial charge in [-0.1, -0.05) is 11.5 Å². The molecule has 124 valence electrons. The first kappa shape index (κ1) is 21.4. The van der Waals surface area contributed by atoms with Crippen LogP contribution in [0.1, 0.15) is 25.7 Å². The van der Waals surface area contributed by atoms with Gasteiger partial charge in [-0.3, -0.25) is 0 Å². The van der Waals surface area contributed by atoms with Gasteiger partial charge in [-0.2, -0.15) is 0 Å². The van der Waals surface area contributed by atoms with Crippen LogP contribution < -0.4 is 61.6 Å². The molecule has 1 saturated carbocycles. The van der Waals surface area contributed by atoms with Crippen LogP contribution in [0, 0.1) is 5.82 Å². The van der Waals surface area contributed by atoms with Crippen molar-refractivity contribution in [3.63, 3.8) is 0 Å². The quantitative estimate of drug-likeness (QED) is 0.530. The Morgan fingerprint density at radius 3 is 2.39 bits per heavy atom. The molecule has 1 fully saturated rings. The molecule has 1 aromatic carbocycles. The van der Waals surface area contributed by atoms with Crippen LogP contribution in [0.25, 0.3) is 0 Å². The summed E-state index contributed by atoms with van der Waals surface area (Å²) >= 11 is 0. The second-order valence-electron chi connectivity index (χ2n) is 5.62. The van der Waals surface area contributed by atoms with E-state index in [0.29, 0.717) is 31.4 Å². The minimum Gasteiger partial charge on any atom is -0.490 e. The Hall–Kier alpha value is 0.391. The maximum atomic E-state index is 13.5. The van der Waals surface area contributed by atoms with Crippen molar-refractivity contribution in [1.29, 1.82) is 0 Å². The van der Waals surface area contributed by atoms with Crippen molar-refractivity contribution in [1.82, 2.24) is 0 Å². The number of sulfone groups is 1. The summed E-state index contributed by atoms with van der Waals surface area (Å²) in [5, 5.41) is -0.520. The number of hydrogen-bond donors (Lipinski definition) is 0. The van der Waals surface area contributed by atoms with Crippen LogP contribution >= 0.6 is 0 Å². The first-order valence-electron chi connectivity index (χ1n) is 6.92. The predicted octanol–water partition coefficient (Wildman–Crippen LogP) is -0.381. The molecule has 0 aromatic heterocycles. The zero-order valence-corrected chi connectivity index (χ0v) is 16.9. The Balaban J connectivity index is 0.00000264. The molecule has 0 N–H and O–H groups in total. The fourth-order valence-electron chi connectivity index (χ4n) is 2.64. The third-order valence-corrected chi connectivity index (χ3v) is 5.45. The van der Waals surface area contributed by atoms with Crippen molar-refractivity contribution in [3.05, 3.63) is 24.0 Å². The largest absolute Gasteiger partial charge is 1.00 e. The molecule has 1 aliphatic carbocycles. The molecule has 2 atom stereocenters. The molecule has 2 rings (SSSR count). The van der Waals surface area contributed by atoms with E-state index in [1.807, 2.05) is 0 Å². The summed E-state index contributed by atoms with van der Waals surface area (Å²) in [5.41, 5.74) is -1.29. The van der Waals surface area contributed by atoms with Crippen LogP contribution in [0.2, 0.25) is 0 Å². The fraction of sp³-hybridized carbons (Fsp3) is 0.538. The summed E-state index contributed by atoms with van der Waals surface area (Å²) in [5.74, 6) is -1.39. The van der Waals surface area contributed by atoms with Crippen LogP contribution in [-0.4, -0.2) is 33.0 Å². The molecule has 2 unspecified atom stereocenters. The van der Waals surface area contributed by atoms with Gasteiger partial charge in [0.2, 0.25) is 0 Å². The van der Waals surface area contributed by atoms with Crippen molar-refractivity contribution in [2.75, 3.05) is 6.26 Å². The van der Waals surface area contributed by atoms with Gasteiger partial charge in [0.15, 0.2) is 0 Å². The number of hydrogen-bond acceptors (Lipinski definition) is 3. The molecule has 3 nitrogen and oxygen atoms in total. The molecule has 1 aliphatic rings. The Kier molecular flexibility index (Phi) is 7.62. The molecule has 23 heavy (non-hydrogen) atoms. The Bertz CT molecular complexity index is 651. The molecule has 0 bridgehead atoms. The van der Waals surface area contributed by atoms with E-state index in [4.69, 9.17) is 4.74 Å². The second-order valence-corrected chi connectivity index (χ2v) is 7.94. The Morgan fingerprint density at radius 2 is 1.87 bits per heavy atom. The van der Waals surface area contributed by atoms with Crippen molar-refractivity contribution in [3.8, 4) is 5.75 Å². The van der Waals surface area contributed by atoms with Crippen LogP contribution in [-0.2, 0) is 9.84 Å². The van der Waals surface area contributed by atoms with Gasteiger partial charge < -0.3 is 17.7 Å². The minimum absolute atomic E-state index is 0. The van der Waals surface area contributed by atoms with Crippen LogP contribution in [0.4, 0.5) is 17.3 Å². The fourth-order valence-corrected chi connectivity index (χ4v) is 3.80. The number of benzene rings is 1. The molecule has 0 heterocycles. The van der Waals surface area contributed by atoms with E-state index in [1.54, 1.807) is 0 Å². The molecule has 0 radical (unpaired) electrons. The van der Waals surface area contributed by atoms with E-state index < -0.39 is 39.4 Å². The summed E-state index contributed by atoms with van der Waals surface area (Å²) < 4.78 is 79.7. The average molecular weight is 378 g/mol. The van der Waals surface area contributed by atoms with Gasteiger partial charge in [0, 0.05) is 18.7 Å². The third-order valence-electron chi connectivity index (χ3n) is 3.81. The summed E-state index contributed by atoms with van der Waals surface area (Å²) in [6, 6.07) is 2.42. The van der Waals surface area contributed by atoms with Gasteiger partial charge in [0.05, 0.1) is 17.2 Å². The SMILES string of the molecule is CS(=O)(=O)C1CCCC(Oc2ccc([B-](F)(F)F)c(F)c2)C1.[K+]. The van der Waals surface area contributed by atoms with Crippen LogP contribution in [0.5, 0.6) is 5.75 Å². The number of halogens is 4. The zero-order valence-electron chi connectivity index (χ0n) is 12.9. The maximum Gasteiger partial charge on any atom is 1.00 e. The zero-order chi connectivity index (χ0) is 16.5. The standard InChI is InChI=1S/C13H16BF4O3S.K/c1-22(19,20)11-4-2-3-9(7-11)21-10-5-6-12(13(15)8-10)14(16,17)18;/h5-6,8-9,11H,2-4,7H2,1H3;/q-1;+1. The molecular weight excluding hydrogens is 362 g/mol. The van der Waals surface area contributed by atoms with Crippen molar-refractivity contribution in [2.45, 2.75) is 37.0 Å². The third kappa shape index (κ3) is 6.00. The predicted molar refractivity (Wildman–Crippen MR) is 76.6 cm³/mol. The first-order valence-corrected chi connectivity index (χ1v) is 8.88. The number of rotatable bonds is 4. The van der Waals surface area contributed by atoms with Crippen LogP contribution in [0.3, 0.4) is 0 Å². The molecule has 10 heteroatoms. The van der Waals surface area contributed by atoms with E-state index in [2.05, 4.69) is 0 Å². The van der Waals surface area contributed by atoms with Gasteiger partial charge in [-0.05, 0) is 25.3 Å². The van der Waals surface area contributed by atoms with E-state index >= 15 is 0 Å². The molecule has 0 spiro atoms. The van der Waals surface area contributed by atoms with Gasteiger partial charge >= 0.3 is 58.4 Å². The van der Waals surface area contributed by atoms with Gasteiger partial charge in [-0.25, -0.2) is 12.8 Å². The van der Waals surface area contributed by atoms with Crippen LogP contribution in [0.15, 0.2) is 18.2 Å². The smallest absolute Gasteiger partial charge is 0.490 e. The molecule has 0 amide bonds. The molecule has 0 aliphatic heterocycles. The topological polar surface area (TPSA) is 43.4 Å². The van der Waals surface area contributed by atoms with E-state index in [0.717, 1.165) is 12.3 Å². The van der Waals surface area contributed by atoms with Gasteiger partial charge in [0.25, 0.3) is 0 Å². The van der Waals surface area contributed by atoms with Crippen molar-refractivity contribution >= 4 is 22.3 Å². The molecule has 0 saturated heterocycles. The van der Waals surface area contributed by atoms with E-state index in [-0.39, 0.29) is 63.6 Å². The van der Waals surface area contributed by atoms with Gasteiger partial charge in [-0.15, -0.1) is 0 Å². The summed E-state index contributed by atoms with van der Waals surface area (Å²) in [7, 11) is -3.19. The Labute approximate surface area is 175 Å². The summed E-state index contributed by atoms with van der Waals surface area (Å²) in [6.07, 6.45) is 2.77. The van der Waals surface area contributed by atoms with E-state index in [1.165, 1.54) is 0 Å². The number of ether oxygens (including phenoxy) is 1. The summed E-state index contributed by atoms with van der Waals surface area (Å²) in [6.45, 7) is -5.40.